The molecule has 0 fully saturated rings. The van der Waals surface area contributed by atoms with E-state index in [2.05, 4.69) is 20.5 Å². The van der Waals surface area contributed by atoms with Crippen molar-refractivity contribution in [2.45, 2.75) is 32.6 Å². The number of carbonyl (C=O) groups is 1. The highest BCUT2D eigenvalue weighted by Gasteiger charge is 2.34. The number of hydrogen-bond acceptors (Lipinski definition) is 4. The van der Waals surface area contributed by atoms with Gasteiger partial charge >= 0.3 is 6.18 Å². The van der Waals surface area contributed by atoms with Gasteiger partial charge in [-0.2, -0.15) is 18.3 Å². The molecule has 1 amide bonds. The first-order chi connectivity index (χ1) is 13.6. The summed E-state index contributed by atoms with van der Waals surface area (Å²) in [6.07, 6.45) is -3.38. The number of rotatable bonds is 6. The molecule has 1 N–H and O–H groups in total. The second kappa shape index (κ2) is 8.19. The number of benzene rings is 1. The number of nitrogens with zero attached hydrogens (tertiary/aromatic N) is 5. The van der Waals surface area contributed by atoms with Crippen LogP contribution < -0.4 is 5.32 Å². The van der Waals surface area contributed by atoms with Gasteiger partial charge < -0.3 is 0 Å². The summed E-state index contributed by atoms with van der Waals surface area (Å²) in [5.74, 6) is -1.02. The first-order valence-corrected chi connectivity index (χ1v) is 8.75. The Bertz CT molecular complexity index is 1010. The molecule has 0 aliphatic heterocycles. The molecule has 0 unspecified atom stereocenters. The second-order valence-corrected chi connectivity index (χ2v) is 6.56. The lowest BCUT2D eigenvalue weighted by Gasteiger charge is -2.06. The minimum atomic E-state index is -4.55. The first kappa shape index (κ1) is 20.8. The van der Waals surface area contributed by atoms with Crippen LogP contribution in [0.25, 0.3) is 0 Å². The minimum Gasteiger partial charge on any atom is -0.293 e. The molecule has 2 heterocycles. The number of amides is 1. The van der Waals surface area contributed by atoms with Crippen molar-refractivity contribution >= 4 is 23.5 Å². The SMILES string of the molecule is Cc1cc(C(F)(F)F)nn1CCC(=O)Nc1ncn(Cc2c(F)cccc2Cl)n1. The third-order valence-corrected chi connectivity index (χ3v) is 4.35. The molecule has 29 heavy (non-hydrogen) atoms. The molecule has 12 heteroatoms. The maximum atomic E-state index is 13.8. The smallest absolute Gasteiger partial charge is 0.293 e. The van der Waals surface area contributed by atoms with Crippen molar-refractivity contribution < 1.29 is 22.4 Å². The fraction of sp³-hybridized carbons (Fsp3) is 0.294. The number of carbonyl (C=O) groups excluding carboxylic acids is 1. The standard InChI is InChI=1S/C17H15ClF4N6O/c1-10-7-14(17(20,21)22)25-28(10)6-5-15(29)24-16-23-9-27(26-16)8-11-12(18)3-2-4-13(11)19/h2-4,7,9H,5-6,8H2,1H3,(H,24,26,29). The fourth-order valence-corrected chi connectivity index (χ4v) is 2.77. The Balaban J connectivity index is 1.58. The topological polar surface area (TPSA) is 77.6 Å². The maximum Gasteiger partial charge on any atom is 0.435 e. The molecule has 0 saturated carbocycles. The number of aromatic nitrogens is 5. The zero-order chi connectivity index (χ0) is 21.2. The molecular formula is C17H15ClF4N6O. The predicted octanol–water partition coefficient (Wildman–Crippen LogP) is 3.67. The summed E-state index contributed by atoms with van der Waals surface area (Å²) < 4.78 is 54.2. The van der Waals surface area contributed by atoms with Crippen molar-refractivity contribution in [3.05, 3.63) is 58.4 Å². The molecule has 2 aromatic heterocycles. The molecule has 0 saturated heterocycles. The Kier molecular flexibility index (Phi) is 5.87. The molecule has 3 aromatic rings. The van der Waals surface area contributed by atoms with Gasteiger partial charge in [0.25, 0.3) is 0 Å². The van der Waals surface area contributed by atoms with Crippen LogP contribution in [0.15, 0.2) is 30.6 Å². The third kappa shape index (κ3) is 5.11. The average Bonchev–Trinajstić information content (AvgIpc) is 3.22. The van der Waals surface area contributed by atoms with Crippen LogP contribution in [0, 0.1) is 12.7 Å². The molecular weight excluding hydrogens is 416 g/mol. The van der Waals surface area contributed by atoms with Gasteiger partial charge in [-0.25, -0.2) is 14.1 Å². The summed E-state index contributed by atoms with van der Waals surface area (Å²) in [6.45, 7) is 1.44. The van der Waals surface area contributed by atoms with Gasteiger partial charge in [0.05, 0.1) is 6.54 Å². The molecule has 0 aliphatic carbocycles. The molecule has 0 atom stereocenters. The first-order valence-electron chi connectivity index (χ1n) is 8.37. The summed E-state index contributed by atoms with van der Waals surface area (Å²) in [6, 6.07) is 5.20. The number of halogens is 5. The molecule has 3 rings (SSSR count). The van der Waals surface area contributed by atoms with E-state index in [1.54, 1.807) is 6.07 Å². The van der Waals surface area contributed by atoms with E-state index in [9.17, 15) is 22.4 Å². The van der Waals surface area contributed by atoms with E-state index in [-0.39, 0.29) is 41.7 Å². The van der Waals surface area contributed by atoms with Crippen LogP contribution in [0.3, 0.4) is 0 Å². The van der Waals surface area contributed by atoms with E-state index in [0.717, 1.165) is 10.7 Å². The Morgan fingerprint density at radius 2 is 2.03 bits per heavy atom. The van der Waals surface area contributed by atoms with Crippen molar-refractivity contribution in [2.75, 3.05) is 5.32 Å². The summed E-state index contributed by atoms with van der Waals surface area (Å²) in [4.78, 5) is 15.9. The van der Waals surface area contributed by atoms with Crippen LogP contribution in [0.5, 0.6) is 0 Å². The third-order valence-electron chi connectivity index (χ3n) is 3.99. The molecule has 0 aliphatic rings. The van der Waals surface area contributed by atoms with Crippen LogP contribution in [0.2, 0.25) is 5.02 Å². The highest BCUT2D eigenvalue weighted by molar-refractivity contribution is 6.31. The summed E-state index contributed by atoms with van der Waals surface area (Å²) in [5.41, 5.74) is -0.497. The van der Waals surface area contributed by atoms with Gasteiger partial charge in [0.1, 0.15) is 12.1 Å². The van der Waals surface area contributed by atoms with Crippen LogP contribution in [-0.2, 0) is 24.1 Å². The number of aryl methyl sites for hydroxylation is 2. The van der Waals surface area contributed by atoms with Gasteiger partial charge in [-0.1, -0.05) is 17.7 Å². The van der Waals surface area contributed by atoms with Crippen molar-refractivity contribution in [2.24, 2.45) is 0 Å². The average molecular weight is 431 g/mol. The second-order valence-electron chi connectivity index (χ2n) is 6.16. The zero-order valence-corrected chi connectivity index (χ0v) is 15.8. The van der Waals surface area contributed by atoms with Gasteiger partial charge in [-0.05, 0) is 25.1 Å². The quantitative estimate of drug-likeness (QED) is 0.605. The van der Waals surface area contributed by atoms with Crippen LogP contribution in [0.1, 0.15) is 23.4 Å². The Labute approximate surface area is 167 Å². The predicted molar refractivity (Wildman–Crippen MR) is 95.7 cm³/mol. The Morgan fingerprint density at radius 1 is 1.28 bits per heavy atom. The largest absolute Gasteiger partial charge is 0.435 e. The van der Waals surface area contributed by atoms with Gasteiger partial charge in [-0.3, -0.25) is 14.8 Å². The number of nitrogens with one attached hydrogen (secondary N) is 1. The number of alkyl halides is 3. The lowest BCUT2D eigenvalue weighted by Crippen LogP contribution is -2.17. The number of hydrogen-bond donors (Lipinski definition) is 1. The van der Waals surface area contributed by atoms with Gasteiger partial charge in [0.2, 0.25) is 11.9 Å². The molecule has 1 aromatic carbocycles. The van der Waals surface area contributed by atoms with E-state index in [0.29, 0.717) is 0 Å². The Morgan fingerprint density at radius 3 is 2.69 bits per heavy atom. The van der Waals surface area contributed by atoms with E-state index >= 15 is 0 Å². The molecule has 154 valence electrons. The molecule has 7 nitrogen and oxygen atoms in total. The fourth-order valence-electron chi connectivity index (χ4n) is 2.54. The number of anilines is 1. The van der Waals surface area contributed by atoms with Crippen molar-refractivity contribution in [1.29, 1.82) is 0 Å². The highest BCUT2D eigenvalue weighted by atomic mass is 35.5. The zero-order valence-electron chi connectivity index (χ0n) is 15.0. The van der Waals surface area contributed by atoms with Crippen LogP contribution in [-0.4, -0.2) is 30.5 Å². The van der Waals surface area contributed by atoms with Crippen LogP contribution in [0.4, 0.5) is 23.5 Å². The van der Waals surface area contributed by atoms with E-state index in [1.165, 1.54) is 30.1 Å². The van der Waals surface area contributed by atoms with E-state index in [4.69, 9.17) is 11.6 Å². The normalized spacial score (nSPS) is 11.7. The van der Waals surface area contributed by atoms with Crippen molar-refractivity contribution in [1.82, 2.24) is 24.5 Å². The van der Waals surface area contributed by atoms with E-state index in [1.807, 2.05) is 0 Å². The summed E-state index contributed by atoms with van der Waals surface area (Å²) in [5, 5.41) is 10.1. The van der Waals surface area contributed by atoms with Crippen LogP contribution >= 0.6 is 11.6 Å². The van der Waals surface area contributed by atoms with E-state index < -0.39 is 23.6 Å². The summed E-state index contributed by atoms with van der Waals surface area (Å²) >= 11 is 5.96. The van der Waals surface area contributed by atoms with Gasteiger partial charge in [0.15, 0.2) is 5.69 Å². The molecule has 0 spiro atoms. The van der Waals surface area contributed by atoms with Gasteiger partial charge in [0, 0.05) is 29.2 Å². The maximum absolute atomic E-state index is 13.8. The molecule has 0 bridgehead atoms. The minimum absolute atomic E-state index is 0.0150. The Hall–Kier alpha value is -2.95. The highest BCUT2D eigenvalue weighted by Crippen LogP contribution is 2.28. The molecule has 0 radical (unpaired) electrons. The lowest BCUT2D eigenvalue weighted by molar-refractivity contribution is -0.141. The van der Waals surface area contributed by atoms with Crippen molar-refractivity contribution in [3.8, 4) is 0 Å². The monoisotopic (exact) mass is 430 g/mol. The summed E-state index contributed by atoms with van der Waals surface area (Å²) in [7, 11) is 0. The lowest BCUT2D eigenvalue weighted by atomic mass is 10.2. The van der Waals surface area contributed by atoms with Gasteiger partial charge in [-0.15, -0.1) is 5.10 Å². The van der Waals surface area contributed by atoms with Crippen molar-refractivity contribution in [3.63, 3.8) is 0 Å².